The Morgan fingerprint density at radius 1 is 0.123 bits per heavy atom. The molecular weight excluding hydrogens is 1590 g/mol. The van der Waals surface area contributed by atoms with Crippen LogP contribution >= 0.6 is 0 Å². The van der Waals surface area contributed by atoms with E-state index in [2.05, 4.69) is 396 Å². The molecule has 26 aromatic rings. The van der Waals surface area contributed by atoms with Gasteiger partial charge < -0.3 is 46.1 Å². The molecule has 130 heavy (non-hydrogen) atoms. The van der Waals surface area contributed by atoms with Crippen molar-refractivity contribution in [2.45, 2.75) is 0 Å². The third-order valence-electron chi connectivity index (χ3n) is 25.9. The van der Waals surface area contributed by atoms with E-state index in [9.17, 15) is 0 Å². The monoisotopic (exact) mass is 1670 g/mol. The minimum atomic E-state index is 0.794. The molecule has 0 saturated heterocycles. The van der Waals surface area contributed by atoms with Gasteiger partial charge in [-0.1, -0.05) is 255 Å². The summed E-state index contributed by atoms with van der Waals surface area (Å²) in [5, 5.41) is 13.0. The molecule has 0 N–H and O–H groups in total. The number of anilines is 12. The van der Waals surface area contributed by atoms with Crippen LogP contribution in [0.15, 0.2) is 475 Å². The van der Waals surface area contributed by atoms with E-state index in [-0.39, 0.29) is 0 Å². The highest BCUT2D eigenvalue weighted by Crippen LogP contribution is 2.50. The first kappa shape index (κ1) is 73.9. The second-order valence-corrected chi connectivity index (χ2v) is 33.3. The Balaban J connectivity index is 0.551. The molecule has 0 fully saturated rings. The standard InChI is InChI=1S/C120H74N4O6/c1-9-33-111-95(17-1)101-25-13-23-93(117(101)127-111)79-45-59-85(60-46-79)121(83-51-41-77(42-52-83)81-49-71-115-105(73-81)99-21-5-7-31-109(99)125-115)87-63-67-91(68-64-87)123(107-29-15-27-103-97-19-3-11-35-113(97)129-119(103)107)89-55-37-75(38-56-89)76-39-57-90(58-40-76)124(108-30-16-28-104-98-20-4-12-36-114(98)130-120(104)108)92-69-65-88(66-70-92)122(84-53-43-78(44-54-84)82-50-72-116-106(74-82)100-22-6-8-32-110(100)126-116)86-61-47-80(48-62-86)94-24-14-26-102-96-18-2-10-34-112(96)128-118(94)102/h1-74H. The number of hydrogen-bond donors (Lipinski definition) is 0. The van der Waals surface area contributed by atoms with Crippen molar-refractivity contribution in [1.29, 1.82) is 0 Å². The third kappa shape index (κ3) is 12.4. The fourth-order valence-corrected chi connectivity index (χ4v) is 19.6. The Hall–Kier alpha value is -17.6. The number of rotatable bonds is 17. The zero-order valence-electron chi connectivity index (χ0n) is 70.0. The van der Waals surface area contributed by atoms with Crippen LogP contribution in [0.2, 0.25) is 0 Å². The highest BCUT2D eigenvalue weighted by atomic mass is 16.3. The lowest BCUT2D eigenvalue weighted by atomic mass is 10.0. The molecule has 0 aliphatic rings. The number of nitrogens with zero attached hydrogens (tertiary/aromatic N) is 4. The van der Waals surface area contributed by atoms with Gasteiger partial charge in [-0.2, -0.15) is 0 Å². The second kappa shape index (κ2) is 30.1. The smallest absolute Gasteiger partial charge is 0.159 e. The summed E-state index contributed by atoms with van der Waals surface area (Å²) in [4.78, 5) is 9.30. The van der Waals surface area contributed by atoms with Crippen LogP contribution in [-0.4, -0.2) is 0 Å². The number of para-hydroxylation sites is 10. The minimum Gasteiger partial charge on any atom is -0.456 e. The molecule has 610 valence electrons. The summed E-state index contributed by atoms with van der Waals surface area (Å²) in [6, 6.07) is 159. The molecule has 10 nitrogen and oxygen atoms in total. The zero-order chi connectivity index (χ0) is 85.4. The third-order valence-corrected chi connectivity index (χ3v) is 25.9. The summed E-state index contributed by atoms with van der Waals surface area (Å²) in [7, 11) is 0. The van der Waals surface area contributed by atoms with Crippen LogP contribution in [0, 0.1) is 0 Å². The fraction of sp³-hybridized carbons (Fsp3) is 0. The Bertz CT molecular complexity index is 8390. The first-order valence-electron chi connectivity index (χ1n) is 43.9. The van der Waals surface area contributed by atoms with E-state index >= 15 is 0 Å². The van der Waals surface area contributed by atoms with Crippen molar-refractivity contribution in [2.24, 2.45) is 0 Å². The van der Waals surface area contributed by atoms with Gasteiger partial charge >= 0.3 is 0 Å². The molecule has 0 amide bonds. The Morgan fingerprint density at radius 3 is 0.623 bits per heavy atom. The largest absolute Gasteiger partial charge is 0.456 e. The Kier molecular flexibility index (Phi) is 17.1. The lowest BCUT2D eigenvalue weighted by Crippen LogP contribution is -2.12. The highest BCUT2D eigenvalue weighted by Gasteiger charge is 2.27. The average molecular weight is 1670 g/mol. The molecule has 6 heterocycles. The summed E-state index contributed by atoms with van der Waals surface area (Å²) in [6.45, 7) is 0. The summed E-state index contributed by atoms with van der Waals surface area (Å²) in [5.41, 5.74) is 32.6. The number of benzene rings is 20. The van der Waals surface area contributed by atoms with Gasteiger partial charge in [-0.15, -0.1) is 0 Å². The quantitative estimate of drug-likeness (QED) is 0.0878. The van der Waals surface area contributed by atoms with Gasteiger partial charge in [0.2, 0.25) is 0 Å². The van der Waals surface area contributed by atoms with E-state index < -0.39 is 0 Å². The van der Waals surface area contributed by atoms with Crippen LogP contribution in [0.5, 0.6) is 0 Å². The van der Waals surface area contributed by atoms with Gasteiger partial charge in [-0.25, -0.2) is 0 Å². The zero-order valence-corrected chi connectivity index (χ0v) is 70.0. The molecule has 10 heteroatoms. The van der Waals surface area contributed by atoms with E-state index in [1.807, 2.05) is 72.8 Å². The molecule has 26 rings (SSSR count). The first-order chi connectivity index (χ1) is 64.4. The summed E-state index contributed by atoms with van der Waals surface area (Å²) in [5.74, 6) is 0. The van der Waals surface area contributed by atoms with E-state index in [1.165, 1.54) is 0 Å². The molecule has 6 aromatic heterocycles. The maximum atomic E-state index is 6.91. The second-order valence-electron chi connectivity index (χ2n) is 33.3. The average Bonchev–Trinajstić information content (AvgIpc) is 1.57. The maximum Gasteiger partial charge on any atom is 0.159 e. The van der Waals surface area contributed by atoms with Crippen molar-refractivity contribution in [3.05, 3.63) is 449 Å². The van der Waals surface area contributed by atoms with Crippen molar-refractivity contribution in [3.8, 4) is 55.6 Å². The van der Waals surface area contributed by atoms with E-state index in [0.717, 1.165) is 256 Å². The molecule has 0 saturated carbocycles. The van der Waals surface area contributed by atoms with Crippen LogP contribution in [-0.2, 0) is 0 Å². The normalized spacial score (nSPS) is 11.8. The molecule has 0 bridgehead atoms. The SMILES string of the molecule is c1ccc2c(c1)oc1ccc(-c3ccc(N(c4ccc(-c5cccc6c5oc5ccccc56)cc4)c4ccc(N(c5ccc(-c6ccc(N(c7ccc(N(c8ccc(-c9ccc%10oc%11ccccc%11c%10c9)cc8)c8ccc(-c9cccc%10c9oc9ccccc9%10)cc8)cc7)c7cccc8c7oc7ccccc78)cc6)cc5)c5cccc6c5oc5ccccc56)cc4)cc3)cc12. The lowest BCUT2D eigenvalue weighted by Gasteiger charge is -2.29. The van der Waals surface area contributed by atoms with Crippen LogP contribution < -0.4 is 19.6 Å². The molecule has 0 radical (unpaired) electrons. The van der Waals surface area contributed by atoms with Gasteiger partial charge in [0.15, 0.2) is 11.2 Å². The van der Waals surface area contributed by atoms with Crippen molar-refractivity contribution >= 4 is 200 Å². The molecule has 0 aliphatic heterocycles. The van der Waals surface area contributed by atoms with Gasteiger partial charge in [0.25, 0.3) is 0 Å². The number of fused-ring (bicyclic) bond motifs is 18. The van der Waals surface area contributed by atoms with Crippen molar-refractivity contribution in [1.82, 2.24) is 0 Å². The molecule has 0 aliphatic carbocycles. The predicted molar refractivity (Wildman–Crippen MR) is 536 cm³/mol. The summed E-state index contributed by atoms with van der Waals surface area (Å²) in [6.07, 6.45) is 0. The molecule has 0 atom stereocenters. The van der Waals surface area contributed by atoms with Gasteiger partial charge in [-0.05, 0) is 239 Å². The first-order valence-corrected chi connectivity index (χ1v) is 43.9. The molecule has 0 spiro atoms. The van der Waals surface area contributed by atoms with Gasteiger partial charge in [0.1, 0.15) is 55.8 Å². The van der Waals surface area contributed by atoms with Crippen LogP contribution in [0.1, 0.15) is 0 Å². The van der Waals surface area contributed by atoms with Crippen molar-refractivity contribution in [2.75, 3.05) is 19.6 Å². The van der Waals surface area contributed by atoms with E-state index in [0.29, 0.717) is 0 Å². The molecule has 0 unspecified atom stereocenters. The van der Waals surface area contributed by atoms with Crippen molar-refractivity contribution in [3.63, 3.8) is 0 Å². The maximum absolute atomic E-state index is 6.91. The minimum absolute atomic E-state index is 0.794. The number of furan rings is 6. The molecule has 20 aromatic carbocycles. The lowest BCUT2D eigenvalue weighted by molar-refractivity contribution is 0.668. The topological polar surface area (TPSA) is 91.8 Å². The van der Waals surface area contributed by atoms with E-state index in [4.69, 9.17) is 26.5 Å². The predicted octanol–water partition coefficient (Wildman–Crippen LogP) is 35.3. The Morgan fingerprint density at radius 2 is 0.323 bits per heavy atom. The van der Waals surface area contributed by atoms with Gasteiger partial charge in [0.05, 0.1) is 11.4 Å². The van der Waals surface area contributed by atoms with Crippen LogP contribution in [0.4, 0.5) is 68.2 Å². The molecular formula is C120H74N4O6. The van der Waals surface area contributed by atoms with Gasteiger partial charge in [-0.3, -0.25) is 0 Å². The fourth-order valence-electron chi connectivity index (χ4n) is 19.6. The van der Waals surface area contributed by atoms with Crippen LogP contribution in [0.3, 0.4) is 0 Å². The summed E-state index contributed by atoms with van der Waals surface area (Å²) >= 11 is 0. The van der Waals surface area contributed by atoms with Gasteiger partial charge in [0, 0.05) is 133 Å². The van der Waals surface area contributed by atoms with Crippen LogP contribution in [0.25, 0.3) is 187 Å². The summed E-state index contributed by atoms with van der Waals surface area (Å²) < 4.78 is 39.5. The highest BCUT2D eigenvalue weighted by molar-refractivity contribution is 6.15. The number of hydrogen-bond acceptors (Lipinski definition) is 10. The Labute approximate surface area is 745 Å². The van der Waals surface area contributed by atoms with E-state index in [1.54, 1.807) is 0 Å². The van der Waals surface area contributed by atoms with Crippen molar-refractivity contribution < 1.29 is 26.5 Å².